The lowest BCUT2D eigenvalue weighted by molar-refractivity contribution is 0.786. The summed E-state index contributed by atoms with van der Waals surface area (Å²) in [5.41, 5.74) is 5.25. The first-order valence-electron chi connectivity index (χ1n) is 14.4. The Labute approximate surface area is 266 Å². The van der Waals surface area contributed by atoms with Crippen molar-refractivity contribution in [1.82, 2.24) is 29.9 Å². The molecule has 2 aromatic carbocycles. The molecule has 216 valence electrons. The zero-order chi connectivity index (χ0) is 30.5. The van der Waals surface area contributed by atoms with Crippen molar-refractivity contribution in [2.75, 3.05) is 0 Å². The number of thiophene rings is 2. The number of hydrogen-bond donors (Lipinski definition) is 0. The fraction of sp³-hybridized carbons (Fsp3) is 0.0556. The second kappa shape index (κ2) is 11.0. The van der Waals surface area contributed by atoms with Crippen LogP contribution in [0.2, 0.25) is 0 Å². The van der Waals surface area contributed by atoms with Crippen molar-refractivity contribution in [3.8, 4) is 48.1 Å². The zero-order valence-corrected chi connectivity index (χ0v) is 25.9. The van der Waals surface area contributed by atoms with Crippen molar-refractivity contribution < 1.29 is 0 Å². The Hall–Kier alpha value is -5.38. The van der Waals surface area contributed by atoms with E-state index in [1.807, 2.05) is 99.0 Å². The minimum Gasteiger partial charge on any atom is -0.267 e. The molecular weight excluding hydrogens is 597 g/mol. The molecule has 0 saturated heterocycles. The number of aryl methyl sites for hydroxylation is 2. The van der Waals surface area contributed by atoms with Crippen LogP contribution in [-0.4, -0.2) is 29.9 Å². The van der Waals surface area contributed by atoms with E-state index in [-0.39, 0.29) is 5.56 Å². The Bertz CT molecular complexity index is 2420. The highest BCUT2D eigenvalue weighted by Crippen LogP contribution is 2.38. The van der Waals surface area contributed by atoms with Gasteiger partial charge in [-0.1, -0.05) is 54.6 Å². The van der Waals surface area contributed by atoms with Crippen LogP contribution in [0.25, 0.3) is 69.6 Å². The van der Waals surface area contributed by atoms with E-state index in [2.05, 4.69) is 44.4 Å². The summed E-state index contributed by atoms with van der Waals surface area (Å²) in [6.07, 6.45) is 3.74. The molecule has 6 aromatic heterocycles. The van der Waals surface area contributed by atoms with Crippen molar-refractivity contribution in [3.05, 3.63) is 131 Å². The summed E-state index contributed by atoms with van der Waals surface area (Å²) in [6, 6.07) is 31.8. The Morgan fingerprint density at radius 3 is 1.62 bits per heavy atom. The highest BCUT2D eigenvalue weighted by Gasteiger charge is 2.20. The van der Waals surface area contributed by atoms with Crippen molar-refractivity contribution in [2.45, 2.75) is 13.8 Å². The molecule has 8 aromatic rings. The van der Waals surface area contributed by atoms with Crippen molar-refractivity contribution in [1.29, 1.82) is 0 Å². The zero-order valence-electron chi connectivity index (χ0n) is 24.3. The molecule has 0 N–H and O–H groups in total. The Morgan fingerprint density at radius 2 is 1.04 bits per heavy atom. The van der Waals surface area contributed by atoms with Crippen molar-refractivity contribution >= 4 is 44.2 Å². The molecule has 0 atom stereocenters. The molecule has 0 radical (unpaired) electrons. The van der Waals surface area contributed by atoms with E-state index in [1.165, 1.54) is 4.68 Å². The maximum atomic E-state index is 14.0. The summed E-state index contributed by atoms with van der Waals surface area (Å²) in [4.78, 5) is 27.1. The van der Waals surface area contributed by atoms with Gasteiger partial charge < -0.3 is 0 Å². The molecule has 0 aliphatic rings. The third-order valence-electron chi connectivity index (χ3n) is 7.68. The van der Waals surface area contributed by atoms with Gasteiger partial charge in [-0.15, -0.1) is 32.9 Å². The first-order valence-corrected chi connectivity index (χ1v) is 16.0. The quantitative estimate of drug-likeness (QED) is 0.192. The highest BCUT2D eigenvalue weighted by atomic mass is 32.1. The standard InChI is InChI=1S/C36H24N6OS2/c1-21-11-13-27(37-19-21)29-15-17-31(44-29)33-23-7-3-5-9-25(23)35(40-39-33)42-36(43)26-10-6-4-8-24(26)34(41-42)32-18-16-30(45-32)28-14-12-22(2)20-38-28/h3-20H,1-2H3. The Kier molecular flexibility index (Phi) is 6.62. The van der Waals surface area contributed by atoms with Crippen molar-refractivity contribution in [2.24, 2.45) is 0 Å². The van der Waals surface area contributed by atoms with Gasteiger partial charge in [-0.3, -0.25) is 14.8 Å². The lowest BCUT2D eigenvalue weighted by Crippen LogP contribution is -2.23. The van der Waals surface area contributed by atoms with Gasteiger partial charge in [-0.05, 0) is 67.4 Å². The Balaban J connectivity index is 1.28. The third kappa shape index (κ3) is 4.82. The van der Waals surface area contributed by atoms with Crippen LogP contribution in [0.4, 0.5) is 0 Å². The van der Waals surface area contributed by atoms with Gasteiger partial charge in [0.05, 0.1) is 36.3 Å². The number of fused-ring (bicyclic) bond motifs is 2. The van der Waals surface area contributed by atoms with Gasteiger partial charge in [0.1, 0.15) is 11.4 Å². The minimum absolute atomic E-state index is 0.248. The minimum atomic E-state index is -0.248. The second-order valence-electron chi connectivity index (χ2n) is 10.8. The average molecular weight is 621 g/mol. The topological polar surface area (TPSA) is 86.5 Å². The van der Waals surface area contributed by atoms with Crippen LogP contribution < -0.4 is 5.56 Å². The van der Waals surface area contributed by atoms with Crippen LogP contribution in [0.5, 0.6) is 0 Å². The van der Waals surface area contributed by atoms with Gasteiger partial charge in [0.25, 0.3) is 5.56 Å². The van der Waals surface area contributed by atoms with Gasteiger partial charge in [0.15, 0.2) is 5.82 Å². The fourth-order valence-corrected chi connectivity index (χ4v) is 7.34. The molecule has 9 heteroatoms. The summed E-state index contributed by atoms with van der Waals surface area (Å²) in [5, 5.41) is 17.3. The molecule has 0 unspecified atom stereocenters. The van der Waals surface area contributed by atoms with Crippen LogP contribution in [0.15, 0.2) is 114 Å². The van der Waals surface area contributed by atoms with Gasteiger partial charge >= 0.3 is 0 Å². The molecule has 0 aliphatic carbocycles. The molecule has 7 nitrogen and oxygen atoms in total. The van der Waals surface area contributed by atoms with Crippen LogP contribution in [0.1, 0.15) is 11.1 Å². The monoisotopic (exact) mass is 620 g/mol. The summed E-state index contributed by atoms with van der Waals surface area (Å²) in [6.45, 7) is 4.05. The molecule has 0 amide bonds. The maximum Gasteiger partial charge on any atom is 0.280 e. The predicted octanol–water partition coefficient (Wildman–Crippen LogP) is 8.53. The van der Waals surface area contributed by atoms with E-state index in [0.717, 1.165) is 63.9 Å². The van der Waals surface area contributed by atoms with Crippen LogP contribution in [0.3, 0.4) is 0 Å². The molecule has 0 spiro atoms. The van der Waals surface area contributed by atoms with Gasteiger partial charge in [-0.2, -0.15) is 9.78 Å². The number of rotatable bonds is 5. The molecule has 0 saturated carbocycles. The van der Waals surface area contributed by atoms with E-state index in [1.54, 1.807) is 22.7 Å². The number of benzene rings is 2. The smallest absolute Gasteiger partial charge is 0.267 e. The highest BCUT2D eigenvalue weighted by molar-refractivity contribution is 7.19. The first-order chi connectivity index (χ1) is 22.0. The van der Waals surface area contributed by atoms with E-state index in [9.17, 15) is 4.79 Å². The largest absolute Gasteiger partial charge is 0.280 e. The van der Waals surface area contributed by atoms with Crippen LogP contribution in [0, 0.1) is 13.8 Å². The maximum absolute atomic E-state index is 14.0. The van der Waals surface area contributed by atoms with Crippen LogP contribution >= 0.6 is 22.7 Å². The van der Waals surface area contributed by atoms with Gasteiger partial charge in [0.2, 0.25) is 0 Å². The fourth-order valence-electron chi connectivity index (χ4n) is 5.38. The lowest BCUT2D eigenvalue weighted by atomic mass is 10.1. The van der Waals surface area contributed by atoms with Gasteiger partial charge in [0, 0.05) is 28.6 Å². The number of hydrogen-bond acceptors (Lipinski definition) is 8. The number of nitrogens with zero attached hydrogens (tertiary/aromatic N) is 6. The first kappa shape index (κ1) is 27.2. The summed E-state index contributed by atoms with van der Waals surface area (Å²) in [7, 11) is 0. The Morgan fingerprint density at radius 1 is 0.533 bits per heavy atom. The lowest BCUT2D eigenvalue weighted by Gasteiger charge is -2.12. The van der Waals surface area contributed by atoms with Gasteiger partial charge in [-0.25, -0.2) is 0 Å². The van der Waals surface area contributed by atoms with E-state index in [0.29, 0.717) is 16.9 Å². The van der Waals surface area contributed by atoms with Crippen molar-refractivity contribution in [3.63, 3.8) is 0 Å². The molecule has 0 bridgehead atoms. The average Bonchev–Trinajstić information content (AvgIpc) is 3.77. The third-order valence-corrected chi connectivity index (χ3v) is 9.91. The second-order valence-corrected chi connectivity index (χ2v) is 13.0. The predicted molar refractivity (Wildman–Crippen MR) is 183 cm³/mol. The summed E-state index contributed by atoms with van der Waals surface area (Å²) >= 11 is 3.21. The SMILES string of the molecule is Cc1ccc(-c2ccc(-c3nnc(-n4nc(-c5ccc(-c6ccc(C)cn6)s5)c5ccccc5c4=O)c4ccccc34)s2)nc1. The van der Waals surface area contributed by atoms with Crippen LogP contribution in [-0.2, 0) is 0 Å². The molecule has 0 aliphatic heterocycles. The molecule has 8 rings (SSSR count). The molecule has 0 fully saturated rings. The molecule has 45 heavy (non-hydrogen) atoms. The number of pyridine rings is 2. The molecule has 6 heterocycles. The summed E-state index contributed by atoms with van der Waals surface area (Å²) < 4.78 is 1.40. The number of aromatic nitrogens is 6. The molecular formula is C36H24N6OS2. The summed E-state index contributed by atoms with van der Waals surface area (Å²) in [5.74, 6) is 0.389. The van der Waals surface area contributed by atoms with E-state index in [4.69, 9.17) is 5.10 Å². The van der Waals surface area contributed by atoms with E-state index < -0.39 is 0 Å². The normalized spacial score (nSPS) is 11.4. The van der Waals surface area contributed by atoms with E-state index >= 15 is 0 Å².